The summed E-state index contributed by atoms with van der Waals surface area (Å²) in [4.78, 5) is 15.8. The third-order valence-corrected chi connectivity index (χ3v) is 6.17. The maximum atomic E-state index is 12.8. The minimum atomic E-state index is 0.198. The monoisotopic (exact) mass is 322 g/mol. The molecule has 2 aromatic heterocycles. The number of fused-ring (bicyclic) bond motifs is 1. The number of hydrogen-bond donors (Lipinski definition) is 1. The van der Waals surface area contributed by atoms with Gasteiger partial charge in [0.1, 0.15) is 0 Å². The van der Waals surface area contributed by atoms with E-state index >= 15 is 0 Å². The van der Waals surface area contributed by atoms with Crippen LogP contribution >= 0.6 is 22.7 Å². The van der Waals surface area contributed by atoms with Crippen molar-refractivity contribution in [3.05, 3.63) is 22.4 Å². The number of thiophene rings is 2. The van der Waals surface area contributed by atoms with Crippen LogP contribution in [-0.4, -0.2) is 36.5 Å². The second kappa shape index (κ2) is 6.46. The first-order valence-corrected chi connectivity index (χ1v) is 9.33. The number of nitrogens with zero attached hydrogens (tertiary/aromatic N) is 1. The molecule has 3 rings (SSSR count). The number of amides is 1. The van der Waals surface area contributed by atoms with Gasteiger partial charge >= 0.3 is 0 Å². The lowest BCUT2D eigenvalue weighted by molar-refractivity contribution is 0.0666. The van der Waals surface area contributed by atoms with E-state index in [9.17, 15) is 4.79 Å². The number of hydrogen-bond acceptors (Lipinski definition) is 4. The van der Waals surface area contributed by atoms with Crippen molar-refractivity contribution in [1.29, 1.82) is 0 Å². The lowest BCUT2D eigenvalue weighted by Crippen LogP contribution is -2.44. The fraction of sp³-hybridized carbons (Fsp3) is 0.562. The standard InChI is InChI=1S/C16H22N2OS2/c1-11(2)18(10-12-4-3-6-17-9-12)16(19)15-8-14-13(21-15)5-7-20-14/h5,7-8,11-12,17H,3-4,6,9-10H2,1-2H3. The second-order valence-electron chi connectivity index (χ2n) is 6.02. The van der Waals surface area contributed by atoms with Crippen molar-refractivity contribution in [3.8, 4) is 0 Å². The molecule has 5 heteroatoms. The van der Waals surface area contributed by atoms with Crippen molar-refractivity contribution >= 4 is 38.0 Å². The van der Waals surface area contributed by atoms with Gasteiger partial charge in [-0.2, -0.15) is 0 Å². The molecule has 0 aromatic carbocycles. The Labute approximate surface area is 134 Å². The Bertz CT molecular complexity index is 582. The van der Waals surface area contributed by atoms with Crippen molar-refractivity contribution in [2.75, 3.05) is 19.6 Å². The highest BCUT2D eigenvalue weighted by Gasteiger charge is 2.25. The molecule has 0 saturated carbocycles. The molecular formula is C16H22N2OS2. The Morgan fingerprint density at radius 1 is 1.48 bits per heavy atom. The van der Waals surface area contributed by atoms with Gasteiger partial charge in [-0.05, 0) is 63.2 Å². The minimum Gasteiger partial charge on any atom is -0.335 e. The van der Waals surface area contributed by atoms with E-state index in [1.54, 1.807) is 22.7 Å². The van der Waals surface area contributed by atoms with Crippen LogP contribution in [0.2, 0.25) is 0 Å². The van der Waals surface area contributed by atoms with Crippen LogP contribution in [-0.2, 0) is 0 Å². The molecule has 3 heterocycles. The van der Waals surface area contributed by atoms with Gasteiger partial charge in [-0.25, -0.2) is 0 Å². The fourth-order valence-corrected chi connectivity index (χ4v) is 4.96. The van der Waals surface area contributed by atoms with Gasteiger partial charge in [-0.1, -0.05) is 0 Å². The van der Waals surface area contributed by atoms with E-state index in [1.807, 2.05) is 4.90 Å². The summed E-state index contributed by atoms with van der Waals surface area (Å²) < 4.78 is 2.46. The topological polar surface area (TPSA) is 32.3 Å². The number of nitrogens with one attached hydrogen (secondary N) is 1. The van der Waals surface area contributed by atoms with Gasteiger partial charge in [0.2, 0.25) is 0 Å². The molecule has 0 bridgehead atoms. The van der Waals surface area contributed by atoms with E-state index in [-0.39, 0.29) is 11.9 Å². The van der Waals surface area contributed by atoms with Gasteiger partial charge in [-0.15, -0.1) is 22.7 Å². The Morgan fingerprint density at radius 2 is 2.33 bits per heavy atom. The molecule has 1 atom stereocenters. The molecule has 0 spiro atoms. The molecule has 1 fully saturated rings. The lowest BCUT2D eigenvalue weighted by Gasteiger charge is -2.32. The fourth-order valence-electron chi connectivity index (χ4n) is 2.90. The summed E-state index contributed by atoms with van der Waals surface area (Å²) in [6.45, 7) is 7.26. The molecule has 3 nitrogen and oxygen atoms in total. The maximum absolute atomic E-state index is 12.8. The maximum Gasteiger partial charge on any atom is 0.264 e. The Kier molecular flexibility index (Phi) is 4.62. The van der Waals surface area contributed by atoms with Crippen molar-refractivity contribution in [3.63, 3.8) is 0 Å². The third-order valence-electron chi connectivity index (χ3n) is 4.09. The molecule has 0 aliphatic carbocycles. The zero-order chi connectivity index (χ0) is 14.8. The highest BCUT2D eigenvalue weighted by Crippen LogP contribution is 2.31. The van der Waals surface area contributed by atoms with Crippen molar-refractivity contribution in [2.24, 2.45) is 5.92 Å². The van der Waals surface area contributed by atoms with E-state index in [4.69, 9.17) is 0 Å². The number of rotatable bonds is 4. The summed E-state index contributed by atoms with van der Waals surface area (Å²) in [5, 5.41) is 5.53. The van der Waals surface area contributed by atoms with Gasteiger partial charge in [-0.3, -0.25) is 4.79 Å². The van der Waals surface area contributed by atoms with Gasteiger partial charge in [0.05, 0.1) is 4.88 Å². The van der Waals surface area contributed by atoms with Crippen LogP contribution in [0.25, 0.3) is 9.40 Å². The van der Waals surface area contributed by atoms with Crippen LogP contribution in [0.5, 0.6) is 0 Å². The summed E-state index contributed by atoms with van der Waals surface area (Å²) in [6, 6.07) is 4.41. The SMILES string of the molecule is CC(C)N(CC1CCCNC1)C(=O)c1cc2sccc2s1. The molecule has 0 radical (unpaired) electrons. The Balaban J connectivity index is 1.75. The number of carbonyl (C=O) groups excluding carboxylic acids is 1. The first-order chi connectivity index (χ1) is 10.1. The largest absolute Gasteiger partial charge is 0.335 e. The summed E-state index contributed by atoms with van der Waals surface area (Å²) in [5.74, 6) is 0.787. The zero-order valence-electron chi connectivity index (χ0n) is 12.6. The average molecular weight is 322 g/mol. The van der Waals surface area contributed by atoms with Crippen molar-refractivity contribution < 1.29 is 4.79 Å². The van der Waals surface area contributed by atoms with Gasteiger partial charge < -0.3 is 10.2 Å². The quantitative estimate of drug-likeness (QED) is 0.928. The van der Waals surface area contributed by atoms with E-state index in [2.05, 4.69) is 36.7 Å². The van der Waals surface area contributed by atoms with Crippen LogP contribution in [0.3, 0.4) is 0 Å². The molecule has 1 aliphatic rings. The van der Waals surface area contributed by atoms with Gasteiger partial charge in [0.25, 0.3) is 5.91 Å². The van der Waals surface area contributed by atoms with Gasteiger partial charge in [0, 0.05) is 22.0 Å². The highest BCUT2D eigenvalue weighted by atomic mass is 32.1. The normalized spacial score (nSPS) is 19.3. The Morgan fingerprint density at radius 3 is 3.00 bits per heavy atom. The second-order valence-corrected chi connectivity index (χ2v) is 8.05. The molecule has 21 heavy (non-hydrogen) atoms. The highest BCUT2D eigenvalue weighted by molar-refractivity contribution is 7.27. The Hall–Kier alpha value is -0.910. The summed E-state index contributed by atoms with van der Waals surface area (Å²) in [7, 11) is 0. The summed E-state index contributed by atoms with van der Waals surface area (Å²) in [5.41, 5.74) is 0. The van der Waals surface area contributed by atoms with Crippen LogP contribution in [0.15, 0.2) is 17.5 Å². The smallest absolute Gasteiger partial charge is 0.264 e. The van der Waals surface area contributed by atoms with Crippen molar-refractivity contribution in [2.45, 2.75) is 32.7 Å². The van der Waals surface area contributed by atoms with Crippen LogP contribution in [0, 0.1) is 5.92 Å². The van der Waals surface area contributed by atoms with Gasteiger partial charge in [0.15, 0.2) is 0 Å². The third kappa shape index (κ3) is 3.30. The average Bonchev–Trinajstić information content (AvgIpc) is 3.06. The van der Waals surface area contributed by atoms with Crippen LogP contribution in [0.4, 0.5) is 0 Å². The predicted molar refractivity (Wildman–Crippen MR) is 91.5 cm³/mol. The molecule has 1 N–H and O–H groups in total. The first kappa shape index (κ1) is 15.0. The van der Waals surface area contributed by atoms with Crippen LogP contribution < -0.4 is 5.32 Å². The first-order valence-electron chi connectivity index (χ1n) is 7.64. The van der Waals surface area contributed by atoms with E-state index in [0.717, 1.165) is 24.5 Å². The van der Waals surface area contributed by atoms with E-state index in [0.29, 0.717) is 5.92 Å². The van der Waals surface area contributed by atoms with E-state index < -0.39 is 0 Å². The molecule has 1 saturated heterocycles. The van der Waals surface area contributed by atoms with Crippen LogP contribution in [0.1, 0.15) is 36.4 Å². The molecule has 1 amide bonds. The lowest BCUT2D eigenvalue weighted by atomic mass is 9.98. The van der Waals surface area contributed by atoms with E-state index in [1.165, 1.54) is 22.2 Å². The minimum absolute atomic E-state index is 0.198. The number of piperidine rings is 1. The zero-order valence-corrected chi connectivity index (χ0v) is 14.2. The predicted octanol–water partition coefficient (Wildman–Crippen LogP) is 3.81. The molecule has 2 aromatic rings. The summed E-state index contributed by atoms with van der Waals surface area (Å²) in [6.07, 6.45) is 2.45. The molecule has 114 valence electrons. The molecular weight excluding hydrogens is 300 g/mol. The molecule has 1 aliphatic heterocycles. The van der Waals surface area contributed by atoms with Crippen molar-refractivity contribution in [1.82, 2.24) is 10.2 Å². The number of carbonyl (C=O) groups is 1. The molecule has 1 unspecified atom stereocenters. The summed E-state index contributed by atoms with van der Waals surface area (Å²) >= 11 is 3.33.